The van der Waals surface area contributed by atoms with E-state index in [0.717, 1.165) is 45.7 Å². The van der Waals surface area contributed by atoms with Crippen LogP contribution >= 0.6 is 23.1 Å². The quantitative estimate of drug-likeness (QED) is 0.512. The van der Waals surface area contributed by atoms with Crippen LogP contribution in [0.3, 0.4) is 0 Å². The van der Waals surface area contributed by atoms with E-state index in [9.17, 15) is 0 Å². The largest absolute Gasteiger partial charge is 0.369 e. The highest BCUT2D eigenvalue weighted by atomic mass is 32.2. The third kappa shape index (κ3) is 3.78. The number of anilines is 1. The Morgan fingerprint density at radius 2 is 2.17 bits per heavy atom. The third-order valence-corrected chi connectivity index (χ3v) is 5.24. The third-order valence-electron chi connectivity index (χ3n) is 3.21. The molecule has 3 aromatic heterocycles. The van der Waals surface area contributed by atoms with Crippen LogP contribution in [0.25, 0.3) is 10.3 Å². The molecule has 0 saturated heterocycles. The normalized spacial score (nSPS) is 11.5. The fraction of sp³-hybridized carbons (Fsp3) is 0.500. The second kappa shape index (κ2) is 7.22. The van der Waals surface area contributed by atoms with Crippen molar-refractivity contribution in [3.8, 4) is 0 Å². The molecule has 0 aromatic carbocycles. The summed E-state index contributed by atoms with van der Waals surface area (Å²) in [6, 6.07) is 0. The van der Waals surface area contributed by atoms with E-state index in [0.29, 0.717) is 5.89 Å². The molecule has 0 bridgehead atoms. The summed E-state index contributed by atoms with van der Waals surface area (Å²) in [5.41, 5.74) is 0.746. The van der Waals surface area contributed by atoms with Crippen LogP contribution in [0.4, 0.5) is 5.82 Å². The number of nitrogens with one attached hydrogen (secondary N) is 1. The Bertz CT molecular complexity index is 785. The van der Waals surface area contributed by atoms with Crippen LogP contribution < -0.4 is 5.32 Å². The van der Waals surface area contributed by atoms with Gasteiger partial charge in [-0.05, 0) is 12.7 Å². The van der Waals surface area contributed by atoms with E-state index < -0.39 is 0 Å². The summed E-state index contributed by atoms with van der Waals surface area (Å²) < 4.78 is 7.23. The highest BCUT2D eigenvalue weighted by molar-refractivity contribution is 8.00. The Morgan fingerprint density at radius 1 is 1.30 bits per heavy atom. The maximum atomic E-state index is 5.24. The summed E-state index contributed by atoms with van der Waals surface area (Å²) in [6.07, 6.45) is 5.19. The molecule has 0 fully saturated rings. The maximum absolute atomic E-state index is 5.24. The predicted octanol–water partition coefficient (Wildman–Crippen LogP) is 3.36. The van der Waals surface area contributed by atoms with Gasteiger partial charge in [0.1, 0.15) is 16.8 Å². The van der Waals surface area contributed by atoms with Crippen molar-refractivity contribution in [1.82, 2.24) is 25.1 Å². The van der Waals surface area contributed by atoms with Crippen LogP contribution in [0, 0.1) is 0 Å². The Labute approximate surface area is 142 Å². The monoisotopic (exact) mass is 350 g/mol. The molecular weight excluding hydrogens is 332 g/mol. The molecule has 0 aliphatic rings. The smallest absolute Gasteiger partial charge is 0.226 e. The summed E-state index contributed by atoms with van der Waals surface area (Å²) in [4.78, 5) is 17.3. The molecule has 3 rings (SSSR count). The number of hydrogen-bond acceptors (Lipinski definition) is 9. The number of thioether (sulfide) groups is 1. The fourth-order valence-electron chi connectivity index (χ4n) is 2.00. The molecule has 7 nitrogen and oxygen atoms in total. The summed E-state index contributed by atoms with van der Waals surface area (Å²) in [5, 5.41) is 7.31. The lowest BCUT2D eigenvalue weighted by Gasteiger charge is -2.04. The van der Waals surface area contributed by atoms with Gasteiger partial charge in [-0.2, -0.15) is 4.98 Å². The molecule has 3 heterocycles. The first-order valence-corrected chi connectivity index (χ1v) is 9.43. The second-order valence-electron chi connectivity index (χ2n) is 5.29. The summed E-state index contributed by atoms with van der Waals surface area (Å²) >= 11 is 3.23. The first kappa shape index (κ1) is 16.1. The van der Waals surface area contributed by atoms with E-state index in [2.05, 4.69) is 44.3 Å². The van der Waals surface area contributed by atoms with Crippen molar-refractivity contribution in [2.75, 3.05) is 18.1 Å². The Hall–Kier alpha value is -1.74. The number of thiazole rings is 1. The van der Waals surface area contributed by atoms with Gasteiger partial charge in [0, 0.05) is 18.9 Å². The average molecular weight is 350 g/mol. The Balaban J connectivity index is 1.57. The Morgan fingerprint density at radius 3 is 2.91 bits per heavy atom. The van der Waals surface area contributed by atoms with Crippen LogP contribution in [0.5, 0.6) is 0 Å². The minimum absolute atomic E-state index is 0.289. The zero-order valence-electron chi connectivity index (χ0n) is 13.2. The van der Waals surface area contributed by atoms with Crippen molar-refractivity contribution in [1.29, 1.82) is 0 Å². The molecule has 0 aliphatic carbocycles. The molecule has 0 aliphatic heterocycles. The van der Waals surface area contributed by atoms with E-state index >= 15 is 0 Å². The minimum atomic E-state index is 0.289. The van der Waals surface area contributed by atoms with E-state index in [1.165, 1.54) is 0 Å². The van der Waals surface area contributed by atoms with Gasteiger partial charge >= 0.3 is 0 Å². The van der Waals surface area contributed by atoms with E-state index in [4.69, 9.17) is 4.52 Å². The lowest BCUT2D eigenvalue weighted by atomic mass is 10.2. The van der Waals surface area contributed by atoms with Crippen molar-refractivity contribution >= 4 is 39.3 Å². The maximum Gasteiger partial charge on any atom is 0.226 e. The zero-order valence-corrected chi connectivity index (χ0v) is 14.9. The molecule has 0 radical (unpaired) electrons. The van der Waals surface area contributed by atoms with Gasteiger partial charge in [0.2, 0.25) is 5.89 Å². The van der Waals surface area contributed by atoms with Crippen LogP contribution in [-0.2, 0) is 6.42 Å². The van der Waals surface area contributed by atoms with Crippen LogP contribution in [0.2, 0.25) is 0 Å². The highest BCUT2D eigenvalue weighted by Crippen LogP contribution is 2.30. The van der Waals surface area contributed by atoms with Crippen LogP contribution in [0.1, 0.15) is 37.9 Å². The van der Waals surface area contributed by atoms with Crippen molar-refractivity contribution in [2.45, 2.75) is 36.9 Å². The number of nitrogens with zero attached hydrogens (tertiary/aromatic N) is 5. The zero-order chi connectivity index (χ0) is 16.2. The second-order valence-corrected chi connectivity index (χ2v) is 7.34. The molecule has 1 N–H and O–H groups in total. The first-order chi connectivity index (χ1) is 11.2. The van der Waals surface area contributed by atoms with Gasteiger partial charge in [-0.1, -0.05) is 30.8 Å². The summed E-state index contributed by atoms with van der Waals surface area (Å²) in [5.74, 6) is 2.57. The van der Waals surface area contributed by atoms with Gasteiger partial charge in [0.25, 0.3) is 0 Å². The average Bonchev–Trinajstić information content (AvgIpc) is 3.18. The number of hydrogen-bond donors (Lipinski definition) is 1. The van der Waals surface area contributed by atoms with Crippen molar-refractivity contribution in [2.24, 2.45) is 0 Å². The van der Waals surface area contributed by atoms with Crippen LogP contribution in [-0.4, -0.2) is 37.9 Å². The predicted molar refractivity (Wildman–Crippen MR) is 92.2 cm³/mol. The molecule has 3 aromatic rings. The molecular formula is C14H18N6OS2. The van der Waals surface area contributed by atoms with Gasteiger partial charge in [-0.25, -0.2) is 15.0 Å². The topological polar surface area (TPSA) is 89.6 Å². The van der Waals surface area contributed by atoms with Gasteiger partial charge in [0.05, 0.1) is 0 Å². The molecule has 122 valence electrons. The SMILES string of the molecule is CSc1nc2ncnc(NCCCc3nc(C(C)C)no3)c2s1. The molecule has 23 heavy (non-hydrogen) atoms. The summed E-state index contributed by atoms with van der Waals surface area (Å²) in [6.45, 7) is 4.88. The Kier molecular flexibility index (Phi) is 5.06. The molecule has 0 amide bonds. The molecule has 0 unspecified atom stereocenters. The number of rotatable bonds is 7. The van der Waals surface area contributed by atoms with Crippen molar-refractivity contribution in [3.63, 3.8) is 0 Å². The standard InChI is InChI=1S/C14H18N6OS2/c1-8(2)11-18-9(21-20-11)5-4-6-15-12-10-13(17-7-16-12)19-14(22-3)23-10/h7-8H,4-6H2,1-3H3,(H,15,16,17). The molecule has 9 heteroatoms. The van der Waals surface area contributed by atoms with Crippen molar-refractivity contribution in [3.05, 3.63) is 18.0 Å². The molecule has 0 spiro atoms. The highest BCUT2D eigenvalue weighted by Gasteiger charge is 2.11. The van der Waals surface area contributed by atoms with Gasteiger partial charge in [-0.3, -0.25) is 0 Å². The molecule has 0 saturated carbocycles. The number of aryl methyl sites for hydroxylation is 1. The van der Waals surface area contributed by atoms with Crippen molar-refractivity contribution < 1.29 is 4.52 Å². The van der Waals surface area contributed by atoms with Gasteiger partial charge in [-0.15, -0.1) is 11.3 Å². The van der Waals surface area contributed by atoms with Crippen LogP contribution in [0.15, 0.2) is 15.2 Å². The number of aromatic nitrogens is 5. The lowest BCUT2D eigenvalue weighted by Crippen LogP contribution is -2.05. The van der Waals surface area contributed by atoms with Gasteiger partial charge < -0.3 is 9.84 Å². The minimum Gasteiger partial charge on any atom is -0.369 e. The first-order valence-electron chi connectivity index (χ1n) is 7.39. The summed E-state index contributed by atoms with van der Waals surface area (Å²) in [7, 11) is 0. The van der Waals surface area contributed by atoms with E-state index in [-0.39, 0.29) is 5.92 Å². The van der Waals surface area contributed by atoms with E-state index in [1.807, 2.05) is 6.26 Å². The van der Waals surface area contributed by atoms with Gasteiger partial charge in [0.15, 0.2) is 15.8 Å². The lowest BCUT2D eigenvalue weighted by molar-refractivity contribution is 0.369. The van der Waals surface area contributed by atoms with E-state index in [1.54, 1.807) is 29.4 Å². The fourth-order valence-corrected chi connectivity index (χ4v) is 3.48. The molecule has 0 atom stereocenters. The number of fused-ring (bicyclic) bond motifs is 1.